The summed E-state index contributed by atoms with van der Waals surface area (Å²) in [4.78, 5) is 23.2. The average molecular weight is 287 g/mol. The van der Waals surface area contributed by atoms with Gasteiger partial charge in [0.2, 0.25) is 5.91 Å². The topological polar surface area (TPSA) is 66.4 Å². The standard InChI is InChI=1S/C15H13NO3S/c17-14(16-13-6-5-12(20-13)15(18)19)11-7-9-3-1-2-4-10(9)8-11/h1-6,11H,7-8H2,(H,16,17)(H,18,19). The highest BCUT2D eigenvalue weighted by molar-refractivity contribution is 7.18. The number of benzene rings is 1. The Kier molecular flexibility index (Phi) is 3.28. The molecule has 0 unspecified atom stereocenters. The molecule has 0 saturated heterocycles. The van der Waals surface area contributed by atoms with Gasteiger partial charge in [-0.1, -0.05) is 24.3 Å². The van der Waals surface area contributed by atoms with Crippen molar-refractivity contribution >= 4 is 28.2 Å². The average Bonchev–Trinajstić information content (AvgIpc) is 3.04. The Morgan fingerprint density at radius 2 is 1.75 bits per heavy atom. The molecule has 102 valence electrons. The van der Waals surface area contributed by atoms with Crippen LogP contribution in [-0.4, -0.2) is 17.0 Å². The fraction of sp³-hybridized carbons (Fsp3) is 0.200. The molecule has 4 nitrogen and oxygen atoms in total. The third kappa shape index (κ3) is 2.44. The number of hydrogen-bond donors (Lipinski definition) is 2. The molecule has 20 heavy (non-hydrogen) atoms. The van der Waals surface area contributed by atoms with Crippen LogP contribution in [0.25, 0.3) is 0 Å². The zero-order valence-corrected chi connectivity index (χ0v) is 11.4. The molecule has 5 heteroatoms. The van der Waals surface area contributed by atoms with Crippen LogP contribution >= 0.6 is 11.3 Å². The van der Waals surface area contributed by atoms with E-state index in [1.165, 1.54) is 17.2 Å². The van der Waals surface area contributed by atoms with Crippen LogP contribution < -0.4 is 5.32 Å². The molecule has 0 radical (unpaired) electrons. The van der Waals surface area contributed by atoms with Gasteiger partial charge >= 0.3 is 5.97 Å². The van der Waals surface area contributed by atoms with Gasteiger partial charge in [0.05, 0.1) is 5.00 Å². The minimum atomic E-state index is -0.969. The highest BCUT2D eigenvalue weighted by Gasteiger charge is 2.27. The van der Waals surface area contributed by atoms with Crippen LogP contribution in [-0.2, 0) is 17.6 Å². The number of carbonyl (C=O) groups is 2. The molecule has 2 aromatic rings. The monoisotopic (exact) mass is 287 g/mol. The predicted octanol–water partition coefficient (Wildman–Crippen LogP) is 2.80. The van der Waals surface area contributed by atoms with E-state index < -0.39 is 5.97 Å². The van der Waals surface area contributed by atoms with E-state index in [1.54, 1.807) is 6.07 Å². The normalized spacial score (nSPS) is 14.0. The number of hydrogen-bond acceptors (Lipinski definition) is 3. The summed E-state index contributed by atoms with van der Waals surface area (Å²) in [5.41, 5.74) is 2.45. The SMILES string of the molecule is O=C(O)c1ccc(NC(=O)C2Cc3ccccc3C2)s1. The van der Waals surface area contributed by atoms with E-state index in [0.29, 0.717) is 5.00 Å². The lowest BCUT2D eigenvalue weighted by atomic mass is 10.1. The number of aromatic carboxylic acids is 1. The van der Waals surface area contributed by atoms with Crippen molar-refractivity contribution in [2.45, 2.75) is 12.8 Å². The van der Waals surface area contributed by atoms with E-state index in [-0.39, 0.29) is 16.7 Å². The summed E-state index contributed by atoms with van der Waals surface area (Å²) in [5.74, 6) is -1.08. The number of rotatable bonds is 3. The lowest BCUT2D eigenvalue weighted by Crippen LogP contribution is -2.22. The fourth-order valence-electron chi connectivity index (χ4n) is 2.49. The van der Waals surface area contributed by atoms with Crippen molar-refractivity contribution in [2.24, 2.45) is 5.92 Å². The third-order valence-electron chi connectivity index (χ3n) is 3.48. The second kappa shape index (κ2) is 5.09. The molecule has 0 bridgehead atoms. The Morgan fingerprint density at radius 3 is 2.30 bits per heavy atom. The van der Waals surface area contributed by atoms with Crippen molar-refractivity contribution in [3.8, 4) is 0 Å². The van der Waals surface area contributed by atoms with Gasteiger partial charge in [0.1, 0.15) is 4.88 Å². The second-order valence-corrected chi connectivity index (χ2v) is 5.92. The molecule has 1 aromatic heterocycles. The second-order valence-electron chi connectivity index (χ2n) is 4.83. The number of fused-ring (bicyclic) bond motifs is 1. The molecule has 1 heterocycles. The van der Waals surface area contributed by atoms with Crippen molar-refractivity contribution in [3.63, 3.8) is 0 Å². The smallest absolute Gasteiger partial charge is 0.345 e. The van der Waals surface area contributed by atoms with Gasteiger partial charge in [-0.05, 0) is 36.1 Å². The molecule has 0 fully saturated rings. The van der Waals surface area contributed by atoms with Crippen LogP contribution in [0.4, 0.5) is 5.00 Å². The summed E-state index contributed by atoms with van der Waals surface area (Å²) in [7, 11) is 0. The predicted molar refractivity (Wildman–Crippen MR) is 77.2 cm³/mol. The van der Waals surface area contributed by atoms with Crippen LogP contribution in [0.3, 0.4) is 0 Å². The molecule has 1 amide bonds. The molecule has 0 spiro atoms. The van der Waals surface area contributed by atoms with Crippen LogP contribution in [0.2, 0.25) is 0 Å². The first kappa shape index (κ1) is 12.9. The quantitative estimate of drug-likeness (QED) is 0.912. The maximum Gasteiger partial charge on any atom is 0.345 e. The van der Waals surface area contributed by atoms with Crippen LogP contribution in [0.1, 0.15) is 20.8 Å². The van der Waals surface area contributed by atoms with Gasteiger partial charge in [0.15, 0.2) is 0 Å². The van der Waals surface area contributed by atoms with E-state index >= 15 is 0 Å². The van der Waals surface area contributed by atoms with Crippen molar-refractivity contribution in [3.05, 3.63) is 52.4 Å². The minimum Gasteiger partial charge on any atom is -0.477 e. The summed E-state index contributed by atoms with van der Waals surface area (Å²) < 4.78 is 0. The zero-order valence-electron chi connectivity index (χ0n) is 10.6. The summed E-state index contributed by atoms with van der Waals surface area (Å²) in [5, 5.41) is 12.3. The van der Waals surface area contributed by atoms with Gasteiger partial charge in [-0.2, -0.15) is 0 Å². The fourth-order valence-corrected chi connectivity index (χ4v) is 3.24. The molecule has 0 aliphatic heterocycles. The van der Waals surface area contributed by atoms with Crippen molar-refractivity contribution in [1.29, 1.82) is 0 Å². The Hall–Kier alpha value is -2.14. The van der Waals surface area contributed by atoms with Gasteiger partial charge in [-0.3, -0.25) is 4.79 Å². The van der Waals surface area contributed by atoms with E-state index in [4.69, 9.17) is 5.11 Å². The van der Waals surface area contributed by atoms with Gasteiger partial charge in [0.25, 0.3) is 0 Å². The largest absolute Gasteiger partial charge is 0.477 e. The first-order valence-electron chi connectivity index (χ1n) is 6.34. The molecule has 0 atom stereocenters. The molecule has 1 aromatic carbocycles. The number of nitrogens with one attached hydrogen (secondary N) is 1. The number of carboxylic acids is 1. The molecule has 1 aliphatic carbocycles. The molecule has 1 aliphatic rings. The summed E-state index contributed by atoms with van der Waals surface area (Å²) in [6, 6.07) is 11.2. The highest BCUT2D eigenvalue weighted by atomic mass is 32.1. The molecular weight excluding hydrogens is 274 g/mol. The first-order valence-corrected chi connectivity index (χ1v) is 7.16. The number of anilines is 1. The van der Waals surface area contributed by atoms with Gasteiger partial charge in [0, 0.05) is 5.92 Å². The molecule has 2 N–H and O–H groups in total. The summed E-state index contributed by atoms with van der Waals surface area (Å²) >= 11 is 1.08. The van der Waals surface area contributed by atoms with Gasteiger partial charge < -0.3 is 10.4 Å². The molecule has 0 saturated carbocycles. The van der Waals surface area contributed by atoms with E-state index in [2.05, 4.69) is 17.4 Å². The Balaban J connectivity index is 1.67. The maximum atomic E-state index is 12.2. The van der Waals surface area contributed by atoms with Crippen LogP contribution in [0.5, 0.6) is 0 Å². The van der Waals surface area contributed by atoms with Crippen molar-refractivity contribution in [2.75, 3.05) is 5.32 Å². The van der Waals surface area contributed by atoms with E-state index in [1.807, 2.05) is 12.1 Å². The molecular formula is C15H13NO3S. The lowest BCUT2D eigenvalue weighted by Gasteiger charge is -2.08. The number of carbonyl (C=O) groups excluding carboxylic acids is 1. The first-order chi connectivity index (χ1) is 9.63. The number of amides is 1. The summed E-state index contributed by atoms with van der Waals surface area (Å²) in [6.07, 6.45) is 1.50. The van der Waals surface area contributed by atoms with Crippen molar-refractivity contribution < 1.29 is 14.7 Å². The lowest BCUT2D eigenvalue weighted by molar-refractivity contribution is -0.119. The minimum absolute atomic E-state index is 0.0417. The Labute approximate surface area is 120 Å². The third-order valence-corrected chi connectivity index (χ3v) is 4.47. The number of thiophene rings is 1. The Morgan fingerprint density at radius 1 is 1.10 bits per heavy atom. The van der Waals surface area contributed by atoms with Crippen molar-refractivity contribution in [1.82, 2.24) is 0 Å². The number of carboxylic acid groups (broad SMARTS) is 1. The maximum absolute atomic E-state index is 12.2. The van der Waals surface area contributed by atoms with E-state index in [9.17, 15) is 9.59 Å². The van der Waals surface area contributed by atoms with E-state index in [0.717, 1.165) is 24.2 Å². The zero-order chi connectivity index (χ0) is 14.1. The highest BCUT2D eigenvalue weighted by Crippen LogP contribution is 2.28. The van der Waals surface area contributed by atoms with Crippen LogP contribution in [0, 0.1) is 5.92 Å². The van der Waals surface area contributed by atoms with Gasteiger partial charge in [-0.25, -0.2) is 4.79 Å². The Bertz CT molecular complexity index is 652. The summed E-state index contributed by atoms with van der Waals surface area (Å²) in [6.45, 7) is 0. The van der Waals surface area contributed by atoms with Crippen LogP contribution in [0.15, 0.2) is 36.4 Å². The van der Waals surface area contributed by atoms with Gasteiger partial charge in [-0.15, -0.1) is 11.3 Å². The molecule has 3 rings (SSSR count).